The topological polar surface area (TPSA) is 46.9 Å². The number of amides is 1. The lowest BCUT2D eigenvalue weighted by atomic mass is 10.2. The van der Waals surface area contributed by atoms with Gasteiger partial charge in [0.1, 0.15) is 0 Å². The molecule has 1 amide bonds. The molecule has 19 heavy (non-hydrogen) atoms. The van der Waals surface area contributed by atoms with Gasteiger partial charge in [-0.1, -0.05) is 12.1 Å². The zero-order valence-electron chi connectivity index (χ0n) is 10.3. The number of carbonyl (C=O) groups is 1. The van der Waals surface area contributed by atoms with E-state index < -0.39 is 0 Å². The van der Waals surface area contributed by atoms with Crippen molar-refractivity contribution >= 4 is 23.0 Å². The second-order valence-electron chi connectivity index (χ2n) is 4.34. The van der Waals surface area contributed by atoms with Crippen LogP contribution < -0.4 is 5.32 Å². The van der Waals surface area contributed by atoms with Crippen molar-refractivity contribution in [2.75, 3.05) is 5.32 Å². The van der Waals surface area contributed by atoms with E-state index in [2.05, 4.69) is 27.1 Å². The van der Waals surface area contributed by atoms with Gasteiger partial charge in [-0.3, -0.25) is 9.78 Å². The molecule has 0 unspecified atom stereocenters. The average Bonchev–Trinajstić information content (AvgIpc) is 2.85. The van der Waals surface area contributed by atoms with Crippen molar-refractivity contribution in [3.05, 3.63) is 60.6 Å². The van der Waals surface area contributed by atoms with Crippen molar-refractivity contribution in [2.45, 2.75) is 6.54 Å². The van der Waals surface area contributed by atoms with Crippen LogP contribution >= 0.6 is 0 Å². The second-order valence-corrected chi connectivity index (χ2v) is 4.34. The maximum absolute atomic E-state index is 10.3. The number of nitrogens with one attached hydrogen (secondary N) is 1. The van der Waals surface area contributed by atoms with Gasteiger partial charge in [0.25, 0.3) is 0 Å². The average molecular weight is 251 g/mol. The van der Waals surface area contributed by atoms with Gasteiger partial charge in [-0.25, -0.2) is 0 Å². The molecule has 3 rings (SSSR count). The molecule has 0 fully saturated rings. The maximum Gasteiger partial charge on any atom is 0.211 e. The Morgan fingerprint density at radius 2 is 2.00 bits per heavy atom. The van der Waals surface area contributed by atoms with E-state index in [0.717, 1.165) is 17.6 Å². The van der Waals surface area contributed by atoms with Crippen LogP contribution in [0.5, 0.6) is 0 Å². The summed E-state index contributed by atoms with van der Waals surface area (Å²) in [5.41, 5.74) is 3.16. The van der Waals surface area contributed by atoms with Crippen molar-refractivity contribution in [3.8, 4) is 0 Å². The second kappa shape index (κ2) is 4.94. The number of anilines is 1. The molecule has 2 aromatic heterocycles. The van der Waals surface area contributed by atoms with E-state index in [1.165, 1.54) is 11.1 Å². The molecule has 4 nitrogen and oxygen atoms in total. The molecule has 94 valence electrons. The molecule has 0 bridgehead atoms. The fourth-order valence-electron chi connectivity index (χ4n) is 2.15. The van der Waals surface area contributed by atoms with Gasteiger partial charge in [0, 0.05) is 36.2 Å². The van der Waals surface area contributed by atoms with Gasteiger partial charge in [0.15, 0.2) is 0 Å². The number of hydrogen-bond acceptors (Lipinski definition) is 2. The molecule has 2 heterocycles. The van der Waals surface area contributed by atoms with E-state index in [0.29, 0.717) is 6.41 Å². The quantitative estimate of drug-likeness (QED) is 0.725. The molecule has 0 saturated heterocycles. The zero-order chi connectivity index (χ0) is 13.1. The summed E-state index contributed by atoms with van der Waals surface area (Å²) in [5, 5.41) is 3.77. The SMILES string of the molecule is O=CNc1ccc(Cn2ccc3cnccc32)cc1. The number of pyridine rings is 1. The van der Waals surface area contributed by atoms with Crippen LogP contribution in [0.4, 0.5) is 5.69 Å². The van der Waals surface area contributed by atoms with Crippen molar-refractivity contribution in [1.82, 2.24) is 9.55 Å². The van der Waals surface area contributed by atoms with E-state index in [9.17, 15) is 4.79 Å². The molecule has 0 spiro atoms. The van der Waals surface area contributed by atoms with E-state index in [4.69, 9.17) is 0 Å². The van der Waals surface area contributed by atoms with Crippen molar-refractivity contribution in [3.63, 3.8) is 0 Å². The van der Waals surface area contributed by atoms with Crippen molar-refractivity contribution in [1.29, 1.82) is 0 Å². The van der Waals surface area contributed by atoms with Gasteiger partial charge in [0.2, 0.25) is 6.41 Å². The third-order valence-corrected chi connectivity index (χ3v) is 3.10. The molecule has 4 heteroatoms. The molecule has 1 N–H and O–H groups in total. The number of aromatic nitrogens is 2. The molecule has 0 radical (unpaired) electrons. The fourth-order valence-corrected chi connectivity index (χ4v) is 2.15. The first-order valence-corrected chi connectivity index (χ1v) is 6.05. The highest BCUT2D eigenvalue weighted by Gasteiger charge is 2.01. The first-order valence-electron chi connectivity index (χ1n) is 6.05. The van der Waals surface area contributed by atoms with Crippen molar-refractivity contribution in [2.24, 2.45) is 0 Å². The highest BCUT2D eigenvalue weighted by Crippen LogP contribution is 2.16. The summed E-state index contributed by atoms with van der Waals surface area (Å²) < 4.78 is 2.18. The monoisotopic (exact) mass is 251 g/mol. The molecule has 3 aromatic rings. The largest absolute Gasteiger partial charge is 0.343 e. The molecule has 0 aliphatic heterocycles. The number of hydrogen-bond donors (Lipinski definition) is 1. The minimum atomic E-state index is 0.682. The van der Waals surface area contributed by atoms with Gasteiger partial charge >= 0.3 is 0 Å². The number of benzene rings is 1. The summed E-state index contributed by atoms with van der Waals surface area (Å²) in [6, 6.07) is 11.9. The summed E-state index contributed by atoms with van der Waals surface area (Å²) in [6.07, 6.45) is 6.41. The number of fused-ring (bicyclic) bond motifs is 1. The molecular formula is C15H13N3O. The van der Waals surface area contributed by atoms with E-state index in [1.54, 1.807) is 6.20 Å². The minimum Gasteiger partial charge on any atom is -0.343 e. The highest BCUT2D eigenvalue weighted by atomic mass is 16.1. The molecule has 0 saturated carbocycles. The Balaban J connectivity index is 1.86. The van der Waals surface area contributed by atoms with Crippen LogP contribution in [0.1, 0.15) is 5.56 Å². The number of rotatable bonds is 4. The zero-order valence-corrected chi connectivity index (χ0v) is 10.3. The summed E-state index contributed by atoms with van der Waals surface area (Å²) >= 11 is 0. The van der Waals surface area contributed by atoms with Crippen LogP contribution in [0.25, 0.3) is 10.9 Å². The Labute approximate surface area is 110 Å². The van der Waals surface area contributed by atoms with E-state index in [-0.39, 0.29) is 0 Å². The predicted octanol–water partition coefficient (Wildman–Crippen LogP) is 2.65. The first kappa shape index (κ1) is 11.5. The van der Waals surface area contributed by atoms with Gasteiger partial charge < -0.3 is 9.88 Å². The summed E-state index contributed by atoms with van der Waals surface area (Å²) in [7, 11) is 0. The number of carbonyl (C=O) groups excluding carboxylic acids is 1. The van der Waals surface area contributed by atoms with Gasteiger partial charge in [-0.2, -0.15) is 0 Å². The Morgan fingerprint density at radius 1 is 1.16 bits per heavy atom. The van der Waals surface area contributed by atoms with Crippen LogP contribution in [0.15, 0.2) is 55.0 Å². The predicted molar refractivity (Wildman–Crippen MR) is 75.0 cm³/mol. The standard InChI is InChI=1S/C15H13N3O/c19-11-17-14-3-1-12(2-4-14)10-18-8-6-13-9-16-7-5-15(13)18/h1-9,11H,10H2,(H,17,19). The van der Waals surface area contributed by atoms with Crippen LogP contribution in [-0.4, -0.2) is 16.0 Å². The molecular weight excluding hydrogens is 238 g/mol. The lowest BCUT2D eigenvalue weighted by Gasteiger charge is -2.06. The van der Waals surface area contributed by atoms with Crippen molar-refractivity contribution < 1.29 is 4.79 Å². The molecule has 1 aromatic carbocycles. The smallest absolute Gasteiger partial charge is 0.211 e. The summed E-state index contributed by atoms with van der Waals surface area (Å²) in [6.45, 7) is 0.800. The van der Waals surface area contributed by atoms with Crippen LogP contribution in [-0.2, 0) is 11.3 Å². The van der Waals surface area contributed by atoms with Crippen LogP contribution in [0.3, 0.4) is 0 Å². The summed E-state index contributed by atoms with van der Waals surface area (Å²) in [5.74, 6) is 0. The maximum atomic E-state index is 10.3. The first-order chi connectivity index (χ1) is 9.36. The Bertz CT molecular complexity index is 701. The van der Waals surface area contributed by atoms with Crippen LogP contribution in [0.2, 0.25) is 0 Å². The lowest BCUT2D eigenvalue weighted by molar-refractivity contribution is -0.105. The molecule has 0 aliphatic rings. The van der Waals surface area contributed by atoms with E-state index >= 15 is 0 Å². The van der Waals surface area contributed by atoms with Crippen LogP contribution in [0, 0.1) is 0 Å². The summed E-state index contributed by atoms with van der Waals surface area (Å²) in [4.78, 5) is 14.5. The third kappa shape index (κ3) is 2.33. The number of nitrogens with zero attached hydrogens (tertiary/aromatic N) is 2. The normalized spacial score (nSPS) is 10.5. The Kier molecular flexibility index (Phi) is 2.98. The molecule has 0 aliphatic carbocycles. The Hall–Kier alpha value is -2.62. The van der Waals surface area contributed by atoms with Gasteiger partial charge in [-0.05, 0) is 29.8 Å². The van der Waals surface area contributed by atoms with Gasteiger partial charge in [-0.15, -0.1) is 0 Å². The van der Waals surface area contributed by atoms with E-state index in [1.807, 2.05) is 36.5 Å². The van der Waals surface area contributed by atoms with Gasteiger partial charge in [0.05, 0.1) is 5.52 Å². The fraction of sp³-hybridized carbons (Fsp3) is 0.0667. The molecule has 0 atom stereocenters. The highest BCUT2D eigenvalue weighted by molar-refractivity contribution is 5.78. The lowest BCUT2D eigenvalue weighted by Crippen LogP contribution is -1.99. The third-order valence-electron chi connectivity index (χ3n) is 3.10. The minimum absolute atomic E-state index is 0.682. The Morgan fingerprint density at radius 3 is 2.79 bits per heavy atom.